The summed E-state index contributed by atoms with van der Waals surface area (Å²) in [6.07, 6.45) is 1.29. The minimum absolute atomic E-state index is 0.194. The quantitative estimate of drug-likeness (QED) is 0.696. The van der Waals surface area contributed by atoms with Gasteiger partial charge in [-0.25, -0.2) is 12.8 Å². The van der Waals surface area contributed by atoms with Gasteiger partial charge in [-0.05, 0) is 49.7 Å². The highest BCUT2D eigenvalue weighted by atomic mass is 32.2. The van der Waals surface area contributed by atoms with Crippen LogP contribution in [0.25, 0.3) is 0 Å². The maximum absolute atomic E-state index is 13.7. The summed E-state index contributed by atoms with van der Waals surface area (Å²) in [4.78, 5) is 12.0. The normalized spacial score (nSPS) is 11.2. The molecule has 1 amide bonds. The molecule has 0 spiro atoms. The minimum Gasteiger partial charge on any atom is -0.361 e. The third kappa shape index (κ3) is 4.14. The Kier molecular flexibility index (Phi) is 4.95. The van der Waals surface area contributed by atoms with E-state index in [-0.39, 0.29) is 16.1 Å². The molecule has 0 fully saturated rings. The molecule has 0 radical (unpaired) electrons. The monoisotopic (exact) mass is 389 g/mol. The van der Waals surface area contributed by atoms with Gasteiger partial charge in [-0.2, -0.15) is 0 Å². The average molecular weight is 389 g/mol. The molecule has 3 aromatic rings. The van der Waals surface area contributed by atoms with Crippen LogP contribution in [0, 0.1) is 19.7 Å². The Hall–Kier alpha value is -3.20. The number of aromatic nitrogens is 1. The first kappa shape index (κ1) is 18.6. The van der Waals surface area contributed by atoms with Gasteiger partial charge in [0.1, 0.15) is 17.1 Å². The Labute approximate surface area is 155 Å². The highest BCUT2D eigenvalue weighted by molar-refractivity contribution is 7.92. The van der Waals surface area contributed by atoms with E-state index in [4.69, 9.17) is 4.52 Å². The topological polar surface area (TPSA) is 101 Å². The lowest BCUT2D eigenvalue weighted by Gasteiger charge is -2.11. The molecule has 3 rings (SSSR count). The van der Waals surface area contributed by atoms with Crippen molar-refractivity contribution in [3.05, 3.63) is 71.4 Å². The fraction of sp³-hybridized carbons (Fsp3) is 0.111. The van der Waals surface area contributed by atoms with Crippen molar-refractivity contribution in [3.8, 4) is 0 Å². The Morgan fingerprint density at radius 2 is 1.85 bits per heavy atom. The number of aryl methyl sites for hydroxylation is 2. The predicted molar refractivity (Wildman–Crippen MR) is 97.6 cm³/mol. The molecule has 0 atom stereocenters. The molecule has 0 aliphatic heterocycles. The second-order valence-electron chi connectivity index (χ2n) is 5.85. The number of nitrogens with zero attached hydrogens (tertiary/aromatic N) is 1. The highest BCUT2D eigenvalue weighted by Crippen LogP contribution is 2.21. The van der Waals surface area contributed by atoms with Gasteiger partial charge in [0, 0.05) is 5.69 Å². The maximum Gasteiger partial charge on any atom is 0.261 e. The van der Waals surface area contributed by atoms with E-state index < -0.39 is 21.7 Å². The zero-order chi connectivity index (χ0) is 19.6. The molecule has 2 aromatic carbocycles. The van der Waals surface area contributed by atoms with E-state index in [2.05, 4.69) is 15.2 Å². The fourth-order valence-corrected chi connectivity index (χ4v) is 3.39. The summed E-state index contributed by atoms with van der Waals surface area (Å²) in [5.74, 6) is -0.678. The van der Waals surface area contributed by atoms with Gasteiger partial charge in [0.05, 0.1) is 16.8 Å². The van der Waals surface area contributed by atoms with Gasteiger partial charge in [0.25, 0.3) is 15.9 Å². The first-order valence-electron chi connectivity index (χ1n) is 7.88. The van der Waals surface area contributed by atoms with E-state index in [0.29, 0.717) is 17.0 Å². The molecular weight excluding hydrogens is 373 g/mol. The van der Waals surface area contributed by atoms with Crippen LogP contribution in [-0.4, -0.2) is 19.5 Å². The standard InChI is InChI=1S/C18H16FN3O4S/c1-11-6-7-15(9-17(11)19)27(24,25)22-14-5-3-4-13(8-14)21-18(23)16-10-20-26-12(16)2/h3-10,22H,1-2H3,(H,21,23). The third-order valence-corrected chi connectivity index (χ3v) is 5.20. The molecule has 7 nitrogen and oxygen atoms in total. The van der Waals surface area contributed by atoms with Gasteiger partial charge >= 0.3 is 0 Å². The van der Waals surface area contributed by atoms with E-state index in [1.165, 1.54) is 30.5 Å². The van der Waals surface area contributed by atoms with Gasteiger partial charge in [0.2, 0.25) is 0 Å². The number of halogens is 1. The van der Waals surface area contributed by atoms with Crippen LogP contribution in [0.4, 0.5) is 15.8 Å². The van der Waals surface area contributed by atoms with Crippen LogP contribution in [0.1, 0.15) is 21.7 Å². The number of nitrogens with one attached hydrogen (secondary N) is 2. The van der Waals surface area contributed by atoms with Crippen molar-refractivity contribution in [2.45, 2.75) is 18.7 Å². The van der Waals surface area contributed by atoms with Crippen LogP contribution in [-0.2, 0) is 10.0 Å². The van der Waals surface area contributed by atoms with Gasteiger partial charge in [0.15, 0.2) is 0 Å². The van der Waals surface area contributed by atoms with Crippen molar-refractivity contribution >= 4 is 27.3 Å². The number of hydrogen-bond acceptors (Lipinski definition) is 5. The smallest absolute Gasteiger partial charge is 0.261 e. The van der Waals surface area contributed by atoms with Crippen molar-refractivity contribution in [2.24, 2.45) is 0 Å². The summed E-state index contributed by atoms with van der Waals surface area (Å²) in [5, 5.41) is 6.17. The molecule has 0 bridgehead atoms. The molecule has 0 saturated carbocycles. The molecule has 0 unspecified atom stereocenters. The number of anilines is 2. The summed E-state index contributed by atoms with van der Waals surface area (Å²) in [6, 6.07) is 9.81. The Morgan fingerprint density at radius 1 is 1.11 bits per heavy atom. The van der Waals surface area contributed by atoms with E-state index in [1.54, 1.807) is 26.0 Å². The molecule has 0 saturated heterocycles. The summed E-state index contributed by atoms with van der Waals surface area (Å²) in [5.41, 5.74) is 1.21. The third-order valence-electron chi connectivity index (χ3n) is 3.82. The number of carbonyl (C=O) groups excluding carboxylic acids is 1. The van der Waals surface area contributed by atoms with Crippen molar-refractivity contribution < 1.29 is 22.1 Å². The molecule has 0 aliphatic carbocycles. The molecule has 0 aliphatic rings. The van der Waals surface area contributed by atoms with Gasteiger partial charge < -0.3 is 9.84 Å². The van der Waals surface area contributed by atoms with Crippen molar-refractivity contribution in [2.75, 3.05) is 10.0 Å². The largest absolute Gasteiger partial charge is 0.361 e. The molecule has 1 aromatic heterocycles. The Morgan fingerprint density at radius 3 is 2.52 bits per heavy atom. The maximum atomic E-state index is 13.7. The van der Waals surface area contributed by atoms with E-state index >= 15 is 0 Å². The zero-order valence-electron chi connectivity index (χ0n) is 14.5. The predicted octanol–water partition coefficient (Wildman–Crippen LogP) is 3.48. The first-order valence-corrected chi connectivity index (χ1v) is 9.36. The number of rotatable bonds is 5. The molecule has 1 heterocycles. The van der Waals surface area contributed by atoms with Crippen LogP contribution in [0.5, 0.6) is 0 Å². The zero-order valence-corrected chi connectivity index (χ0v) is 15.3. The summed E-state index contributed by atoms with van der Waals surface area (Å²) in [6.45, 7) is 3.15. The number of benzene rings is 2. The molecular formula is C18H16FN3O4S. The van der Waals surface area contributed by atoms with Crippen molar-refractivity contribution in [3.63, 3.8) is 0 Å². The number of amides is 1. The lowest BCUT2D eigenvalue weighted by atomic mass is 10.2. The summed E-state index contributed by atoms with van der Waals surface area (Å²) < 4.78 is 45.8. The van der Waals surface area contributed by atoms with Gasteiger partial charge in [-0.1, -0.05) is 17.3 Å². The van der Waals surface area contributed by atoms with Gasteiger partial charge in [-0.3, -0.25) is 9.52 Å². The van der Waals surface area contributed by atoms with Crippen molar-refractivity contribution in [1.29, 1.82) is 0 Å². The highest BCUT2D eigenvalue weighted by Gasteiger charge is 2.17. The summed E-state index contributed by atoms with van der Waals surface area (Å²) in [7, 11) is -3.98. The van der Waals surface area contributed by atoms with Gasteiger partial charge in [-0.15, -0.1) is 0 Å². The Bertz CT molecular complexity index is 1110. The van der Waals surface area contributed by atoms with Crippen LogP contribution in [0.15, 0.2) is 58.1 Å². The van der Waals surface area contributed by atoms with Crippen LogP contribution < -0.4 is 10.0 Å². The lowest BCUT2D eigenvalue weighted by molar-refractivity contribution is 0.102. The van der Waals surface area contributed by atoms with Crippen LogP contribution in [0.3, 0.4) is 0 Å². The fourth-order valence-electron chi connectivity index (χ4n) is 2.33. The second-order valence-corrected chi connectivity index (χ2v) is 7.53. The minimum atomic E-state index is -3.98. The SMILES string of the molecule is Cc1ccc(S(=O)(=O)Nc2cccc(NC(=O)c3cnoc3C)c2)cc1F. The number of hydrogen-bond donors (Lipinski definition) is 2. The number of sulfonamides is 1. The second kappa shape index (κ2) is 7.20. The first-order chi connectivity index (χ1) is 12.8. The Balaban J connectivity index is 1.80. The van der Waals surface area contributed by atoms with E-state index in [9.17, 15) is 17.6 Å². The molecule has 140 valence electrons. The summed E-state index contributed by atoms with van der Waals surface area (Å²) >= 11 is 0. The van der Waals surface area contributed by atoms with Crippen molar-refractivity contribution in [1.82, 2.24) is 5.16 Å². The van der Waals surface area contributed by atoms with Crippen LogP contribution in [0.2, 0.25) is 0 Å². The molecule has 2 N–H and O–H groups in total. The molecule has 27 heavy (non-hydrogen) atoms. The average Bonchev–Trinajstić information content (AvgIpc) is 3.03. The van der Waals surface area contributed by atoms with Crippen LogP contribution >= 0.6 is 0 Å². The molecule has 9 heteroatoms. The van der Waals surface area contributed by atoms with E-state index in [0.717, 1.165) is 6.07 Å². The number of carbonyl (C=O) groups is 1. The van der Waals surface area contributed by atoms with E-state index in [1.807, 2.05) is 0 Å². The lowest BCUT2D eigenvalue weighted by Crippen LogP contribution is -2.15.